The first-order chi connectivity index (χ1) is 13.8. The van der Waals surface area contributed by atoms with Gasteiger partial charge in [-0.15, -0.1) is 0 Å². The molecule has 2 aromatic rings. The molecule has 0 atom stereocenters. The summed E-state index contributed by atoms with van der Waals surface area (Å²) in [6, 6.07) is 12.9. The molecule has 28 heavy (non-hydrogen) atoms. The molecule has 1 aromatic heterocycles. The van der Waals surface area contributed by atoms with Crippen LogP contribution in [0.15, 0.2) is 48.7 Å². The van der Waals surface area contributed by atoms with Crippen LogP contribution in [0.3, 0.4) is 0 Å². The summed E-state index contributed by atoms with van der Waals surface area (Å²) < 4.78 is 10.6. The fraction of sp³-hybridized carbons (Fsp3) is 0.286. The van der Waals surface area contributed by atoms with Gasteiger partial charge in [-0.2, -0.15) is 5.26 Å². The van der Waals surface area contributed by atoms with Crippen LogP contribution >= 0.6 is 0 Å². The van der Waals surface area contributed by atoms with Gasteiger partial charge in [0.1, 0.15) is 17.6 Å². The van der Waals surface area contributed by atoms with Crippen LogP contribution in [0, 0.1) is 11.3 Å². The topological polar surface area (TPSA) is 87.5 Å². The summed E-state index contributed by atoms with van der Waals surface area (Å²) in [5, 5.41) is 11.4. The molecule has 144 valence electrons. The maximum atomic E-state index is 12.2. The van der Waals surface area contributed by atoms with Gasteiger partial charge in [0.25, 0.3) is 0 Å². The molecule has 1 aliphatic heterocycles. The molecular formula is C21H22N4O3. The summed E-state index contributed by atoms with van der Waals surface area (Å²) in [5.74, 6) is 1.33. The van der Waals surface area contributed by atoms with Gasteiger partial charge in [0.15, 0.2) is 6.61 Å². The summed E-state index contributed by atoms with van der Waals surface area (Å²) in [5.41, 5.74) is 1.85. The molecule has 1 aliphatic rings. The second-order valence-corrected chi connectivity index (χ2v) is 6.15. The zero-order valence-corrected chi connectivity index (χ0v) is 15.5. The van der Waals surface area contributed by atoms with Crippen molar-refractivity contribution in [1.82, 2.24) is 10.3 Å². The maximum Gasteiger partial charge on any atom is 0.244 e. The van der Waals surface area contributed by atoms with Crippen LogP contribution in [0.2, 0.25) is 0 Å². The average Bonchev–Trinajstić information content (AvgIpc) is 2.76. The van der Waals surface area contributed by atoms with Crippen LogP contribution in [0.25, 0.3) is 6.08 Å². The number of ether oxygens (including phenoxy) is 2. The van der Waals surface area contributed by atoms with E-state index in [0.29, 0.717) is 25.5 Å². The lowest BCUT2D eigenvalue weighted by molar-refractivity contribution is -0.116. The predicted octanol–water partition coefficient (Wildman–Crippen LogP) is 2.15. The molecule has 1 fully saturated rings. The highest BCUT2D eigenvalue weighted by atomic mass is 16.5. The number of hydrogen-bond donors (Lipinski definition) is 1. The normalized spacial score (nSPS) is 13.9. The summed E-state index contributed by atoms with van der Waals surface area (Å²) in [4.78, 5) is 18.8. The number of aromatic nitrogens is 1. The highest BCUT2D eigenvalue weighted by Crippen LogP contribution is 2.18. The second kappa shape index (κ2) is 10.1. The van der Waals surface area contributed by atoms with Gasteiger partial charge < -0.3 is 19.7 Å². The van der Waals surface area contributed by atoms with Crippen molar-refractivity contribution < 1.29 is 14.3 Å². The predicted molar refractivity (Wildman–Crippen MR) is 106 cm³/mol. The van der Waals surface area contributed by atoms with E-state index in [2.05, 4.69) is 15.2 Å². The Bertz CT molecular complexity index is 853. The Morgan fingerprint density at radius 1 is 1.29 bits per heavy atom. The van der Waals surface area contributed by atoms with E-state index in [9.17, 15) is 4.79 Å². The van der Waals surface area contributed by atoms with Crippen LogP contribution in [0.5, 0.6) is 5.75 Å². The lowest BCUT2D eigenvalue weighted by atomic mass is 10.2. The zero-order valence-electron chi connectivity index (χ0n) is 15.5. The third-order valence-electron chi connectivity index (χ3n) is 4.24. The van der Waals surface area contributed by atoms with E-state index in [1.54, 1.807) is 24.4 Å². The Labute approximate surface area is 164 Å². The number of nitrogens with zero attached hydrogens (tertiary/aromatic N) is 3. The number of nitrogens with one attached hydrogen (secondary N) is 1. The lowest BCUT2D eigenvalue weighted by Gasteiger charge is -2.29. The van der Waals surface area contributed by atoms with Crippen molar-refractivity contribution in [2.45, 2.75) is 6.54 Å². The quantitative estimate of drug-likeness (QED) is 0.743. The van der Waals surface area contributed by atoms with Gasteiger partial charge in [0.2, 0.25) is 5.91 Å². The van der Waals surface area contributed by atoms with Gasteiger partial charge in [0, 0.05) is 37.5 Å². The maximum absolute atomic E-state index is 12.2. The van der Waals surface area contributed by atoms with Crippen molar-refractivity contribution >= 4 is 17.8 Å². The Hall–Kier alpha value is -3.37. The number of carbonyl (C=O) groups excluding carboxylic acids is 1. The highest BCUT2D eigenvalue weighted by molar-refractivity contribution is 5.91. The first kappa shape index (κ1) is 19.4. The number of amides is 1. The number of pyridine rings is 1. The third kappa shape index (κ3) is 5.56. The van der Waals surface area contributed by atoms with Crippen LogP contribution < -0.4 is 15.0 Å². The Morgan fingerprint density at radius 2 is 2.07 bits per heavy atom. The standard InChI is InChI=1S/C21H22N4O3/c22-9-13-28-19-6-3-17(4-7-19)5-8-20(26)24-16-18-2-1-10-23-21(18)25-11-14-27-15-12-25/h1-8,10H,11-16H2,(H,24,26)/b8-5+. The van der Waals surface area contributed by atoms with Crippen molar-refractivity contribution in [2.75, 3.05) is 37.8 Å². The van der Waals surface area contributed by atoms with E-state index in [1.807, 2.05) is 30.3 Å². The van der Waals surface area contributed by atoms with Crippen molar-refractivity contribution in [2.24, 2.45) is 0 Å². The van der Waals surface area contributed by atoms with E-state index < -0.39 is 0 Å². The van der Waals surface area contributed by atoms with E-state index in [-0.39, 0.29) is 12.5 Å². The van der Waals surface area contributed by atoms with E-state index in [0.717, 1.165) is 30.0 Å². The molecule has 0 bridgehead atoms. The van der Waals surface area contributed by atoms with Crippen LogP contribution in [-0.2, 0) is 16.1 Å². The van der Waals surface area contributed by atoms with Crippen molar-refractivity contribution in [3.63, 3.8) is 0 Å². The molecule has 1 saturated heterocycles. The Balaban J connectivity index is 1.54. The molecule has 1 N–H and O–H groups in total. The van der Waals surface area contributed by atoms with Gasteiger partial charge in [-0.05, 0) is 29.8 Å². The minimum Gasteiger partial charge on any atom is -0.479 e. The first-order valence-corrected chi connectivity index (χ1v) is 9.08. The molecule has 7 nitrogen and oxygen atoms in total. The van der Waals surface area contributed by atoms with Gasteiger partial charge in [-0.1, -0.05) is 18.2 Å². The minimum absolute atomic E-state index is 0.0123. The minimum atomic E-state index is -0.179. The largest absolute Gasteiger partial charge is 0.479 e. The van der Waals surface area contributed by atoms with Gasteiger partial charge in [0.05, 0.1) is 13.2 Å². The Morgan fingerprint density at radius 3 is 2.82 bits per heavy atom. The summed E-state index contributed by atoms with van der Waals surface area (Å²) in [6.07, 6.45) is 4.99. The summed E-state index contributed by atoms with van der Waals surface area (Å²) in [6.45, 7) is 3.39. The number of carbonyl (C=O) groups is 1. The highest BCUT2D eigenvalue weighted by Gasteiger charge is 2.15. The molecule has 0 radical (unpaired) electrons. The van der Waals surface area contributed by atoms with Gasteiger partial charge in [-0.25, -0.2) is 4.98 Å². The van der Waals surface area contributed by atoms with Crippen molar-refractivity contribution in [1.29, 1.82) is 5.26 Å². The van der Waals surface area contributed by atoms with E-state index in [1.165, 1.54) is 6.08 Å². The molecule has 0 unspecified atom stereocenters. The smallest absolute Gasteiger partial charge is 0.244 e. The summed E-state index contributed by atoms with van der Waals surface area (Å²) >= 11 is 0. The third-order valence-corrected chi connectivity index (χ3v) is 4.24. The molecule has 1 aromatic carbocycles. The van der Waals surface area contributed by atoms with Crippen LogP contribution in [-0.4, -0.2) is 43.8 Å². The average molecular weight is 378 g/mol. The number of morpholine rings is 1. The molecule has 3 rings (SSSR count). The number of hydrogen-bond acceptors (Lipinski definition) is 6. The fourth-order valence-electron chi connectivity index (χ4n) is 2.83. The van der Waals surface area contributed by atoms with Gasteiger partial charge in [-0.3, -0.25) is 4.79 Å². The molecule has 0 spiro atoms. The number of anilines is 1. The van der Waals surface area contributed by atoms with Crippen molar-refractivity contribution in [3.8, 4) is 11.8 Å². The molecule has 2 heterocycles. The summed E-state index contributed by atoms with van der Waals surface area (Å²) in [7, 11) is 0. The van der Waals surface area contributed by atoms with E-state index in [4.69, 9.17) is 14.7 Å². The SMILES string of the molecule is N#CCOc1ccc(/C=C/C(=O)NCc2cccnc2N2CCOCC2)cc1. The Kier molecular flexibility index (Phi) is 6.99. The molecule has 0 saturated carbocycles. The lowest BCUT2D eigenvalue weighted by Crippen LogP contribution is -2.37. The van der Waals surface area contributed by atoms with Gasteiger partial charge >= 0.3 is 0 Å². The van der Waals surface area contributed by atoms with Crippen molar-refractivity contribution in [3.05, 3.63) is 59.8 Å². The number of rotatable bonds is 7. The molecule has 1 amide bonds. The molecule has 0 aliphatic carbocycles. The monoisotopic (exact) mass is 378 g/mol. The first-order valence-electron chi connectivity index (χ1n) is 9.08. The fourth-order valence-corrected chi connectivity index (χ4v) is 2.83. The van der Waals surface area contributed by atoms with Crippen LogP contribution in [0.4, 0.5) is 5.82 Å². The number of benzene rings is 1. The second-order valence-electron chi connectivity index (χ2n) is 6.15. The number of nitriles is 1. The zero-order chi connectivity index (χ0) is 19.6. The van der Waals surface area contributed by atoms with E-state index >= 15 is 0 Å². The molecular weight excluding hydrogens is 356 g/mol. The van der Waals surface area contributed by atoms with Crippen LogP contribution in [0.1, 0.15) is 11.1 Å². The molecule has 7 heteroatoms.